The minimum Gasteiger partial charge on any atom is -0.384 e. The van der Waals surface area contributed by atoms with Gasteiger partial charge in [0.15, 0.2) is 0 Å². The molecule has 0 spiro atoms. The molecule has 0 atom stereocenters. The van der Waals surface area contributed by atoms with Crippen LogP contribution >= 0.6 is 0 Å². The Hall–Kier alpha value is -2.11. The molecule has 0 saturated carbocycles. The SMILES string of the molecule is Nc1ccc(CNC(=O)CNC=O)cn1. The van der Waals surface area contributed by atoms with E-state index in [-0.39, 0.29) is 12.5 Å². The van der Waals surface area contributed by atoms with E-state index in [0.29, 0.717) is 18.8 Å². The lowest BCUT2D eigenvalue weighted by molar-refractivity contribution is -0.122. The van der Waals surface area contributed by atoms with Gasteiger partial charge in [-0.15, -0.1) is 0 Å². The first kappa shape index (κ1) is 11.0. The molecule has 0 aliphatic rings. The molecule has 0 aliphatic carbocycles. The van der Waals surface area contributed by atoms with Crippen LogP contribution in [0, 0.1) is 0 Å². The van der Waals surface area contributed by atoms with E-state index in [1.54, 1.807) is 18.3 Å². The standard InChI is InChI=1S/C9H12N4O2/c10-8-2-1-7(3-12-8)4-13-9(15)5-11-6-14/h1-3,6H,4-5H2,(H2,10,12)(H,11,14)(H,13,15). The van der Waals surface area contributed by atoms with Crippen LogP contribution in [0.15, 0.2) is 18.3 Å². The third-order valence-corrected chi connectivity index (χ3v) is 1.68. The Morgan fingerprint density at radius 1 is 1.53 bits per heavy atom. The zero-order valence-corrected chi connectivity index (χ0v) is 8.06. The molecule has 0 aromatic carbocycles. The summed E-state index contributed by atoms with van der Waals surface area (Å²) in [6.45, 7) is 0.346. The molecule has 0 unspecified atom stereocenters. The first-order valence-electron chi connectivity index (χ1n) is 4.36. The summed E-state index contributed by atoms with van der Waals surface area (Å²) in [4.78, 5) is 24.8. The number of nitrogen functional groups attached to an aromatic ring is 1. The number of pyridine rings is 1. The van der Waals surface area contributed by atoms with Gasteiger partial charge in [0, 0.05) is 12.7 Å². The average molecular weight is 208 g/mol. The molecule has 6 heteroatoms. The van der Waals surface area contributed by atoms with Gasteiger partial charge in [-0.05, 0) is 11.6 Å². The Balaban J connectivity index is 2.33. The minimum atomic E-state index is -0.251. The van der Waals surface area contributed by atoms with E-state index in [9.17, 15) is 9.59 Å². The number of nitrogens with zero attached hydrogens (tertiary/aromatic N) is 1. The van der Waals surface area contributed by atoms with E-state index >= 15 is 0 Å². The lowest BCUT2D eigenvalue weighted by atomic mass is 10.3. The van der Waals surface area contributed by atoms with Crippen LogP contribution in [0.5, 0.6) is 0 Å². The number of rotatable bonds is 5. The van der Waals surface area contributed by atoms with Crippen molar-refractivity contribution in [3.05, 3.63) is 23.9 Å². The van der Waals surface area contributed by atoms with E-state index in [0.717, 1.165) is 5.56 Å². The molecule has 6 nitrogen and oxygen atoms in total. The quantitative estimate of drug-likeness (QED) is 0.542. The number of anilines is 1. The predicted octanol–water partition coefficient (Wildman–Crippen LogP) is -0.974. The Morgan fingerprint density at radius 3 is 2.93 bits per heavy atom. The maximum absolute atomic E-state index is 11.1. The molecule has 4 N–H and O–H groups in total. The Kier molecular flexibility index (Phi) is 4.08. The second-order valence-electron chi connectivity index (χ2n) is 2.87. The van der Waals surface area contributed by atoms with Gasteiger partial charge in [0.05, 0.1) is 6.54 Å². The first-order chi connectivity index (χ1) is 7.22. The topological polar surface area (TPSA) is 97.1 Å². The number of carbonyl (C=O) groups excluding carboxylic acids is 2. The summed E-state index contributed by atoms with van der Waals surface area (Å²) < 4.78 is 0. The van der Waals surface area contributed by atoms with E-state index < -0.39 is 0 Å². The summed E-state index contributed by atoms with van der Waals surface area (Å²) in [5.41, 5.74) is 6.25. The molecule has 1 aromatic heterocycles. The smallest absolute Gasteiger partial charge is 0.239 e. The Labute approximate surface area is 86.9 Å². The molecule has 0 bridgehead atoms. The number of nitrogens with two attached hydrogens (primary N) is 1. The number of nitrogens with one attached hydrogen (secondary N) is 2. The molecular formula is C9H12N4O2. The highest BCUT2D eigenvalue weighted by Gasteiger charge is 1.99. The zero-order chi connectivity index (χ0) is 11.1. The van der Waals surface area contributed by atoms with Crippen molar-refractivity contribution >= 4 is 18.1 Å². The lowest BCUT2D eigenvalue weighted by Crippen LogP contribution is -2.32. The summed E-state index contributed by atoms with van der Waals surface area (Å²) in [5.74, 6) is 0.187. The summed E-state index contributed by atoms with van der Waals surface area (Å²) >= 11 is 0. The number of amides is 2. The molecule has 0 saturated heterocycles. The van der Waals surface area contributed by atoms with Gasteiger partial charge in [0.25, 0.3) is 0 Å². The van der Waals surface area contributed by atoms with Crippen LogP contribution in [0.25, 0.3) is 0 Å². The van der Waals surface area contributed by atoms with Crippen LogP contribution in [-0.4, -0.2) is 23.8 Å². The van der Waals surface area contributed by atoms with Crippen LogP contribution in [0.3, 0.4) is 0 Å². The molecular weight excluding hydrogens is 196 g/mol. The van der Waals surface area contributed by atoms with Gasteiger partial charge in [-0.3, -0.25) is 9.59 Å². The highest BCUT2D eigenvalue weighted by molar-refractivity contribution is 5.79. The van der Waals surface area contributed by atoms with Crippen LogP contribution in [-0.2, 0) is 16.1 Å². The Morgan fingerprint density at radius 2 is 2.33 bits per heavy atom. The van der Waals surface area contributed by atoms with Gasteiger partial charge in [0.1, 0.15) is 5.82 Å². The normalized spacial score (nSPS) is 9.33. The molecule has 1 rings (SSSR count). The third kappa shape index (κ3) is 4.08. The molecule has 0 fully saturated rings. The Bertz CT molecular complexity index is 336. The summed E-state index contributed by atoms with van der Waals surface area (Å²) in [5, 5.41) is 4.88. The second kappa shape index (κ2) is 5.58. The highest BCUT2D eigenvalue weighted by Crippen LogP contribution is 1.99. The molecule has 15 heavy (non-hydrogen) atoms. The fraction of sp³-hybridized carbons (Fsp3) is 0.222. The van der Waals surface area contributed by atoms with Crippen LogP contribution < -0.4 is 16.4 Å². The van der Waals surface area contributed by atoms with Crippen molar-refractivity contribution in [3.8, 4) is 0 Å². The fourth-order valence-corrected chi connectivity index (χ4v) is 0.938. The van der Waals surface area contributed by atoms with Crippen molar-refractivity contribution in [1.29, 1.82) is 0 Å². The van der Waals surface area contributed by atoms with E-state index in [2.05, 4.69) is 15.6 Å². The molecule has 1 heterocycles. The second-order valence-corrected chi connectivity index (χ2v) is 2.87. The largest absolute Gasteiger partial charge is 0.384 e. The molecule has 0 radical (unpaired) electrons. The zero-order valence-electron chi connectivity index (χ0n) is 8.06. The minimum absolute atomic E-state index is 0.0219. The maximum Gasteiger partial charge on any atom is 0.239 e. The average Bonchev–Trinajstić information content (AvgIpc) is 2.25. The third-order valence-electron chi connectivity index (χ3n) is 1.68. The van der Waals surface area contributed by atoms with E-state index in [4.69, 9.17) is 5.73 Å². The van der Waals surface area contributed by atoms with Crippen LogP contribution in [0.4, 0.5) is 5.82 Å². The number of carbonyl (C=O) groups is 2. The van der Waals surface area contributed by atoms with Gasteiger partial charge in [-0.2, -0.15) is 0 Å². The monoisotopic (exact) mass is 208 g/mol. The van der Waals surface area contributed by atoms with Gasteiger partial charge in [0.2, 0.25) is 12.3 Å². The van der Waals surface area contributed by atoms with E-state index in [1.165, 1.54) is 0 Å². The molecule has 1 aromatic rings. The predicted molar refractivity (Wildman–Crippen MR) is 54.6 cm³/mol. The van der Waals surface area contributed by atoms with Crippen LogP contribution in [0.1, 0.15) is 5.56 Å². The van der Waals surface area contributed by atoms with Crippen molar-refractivity contribution in [2.75, 3.05) is 12.3 Å². The number of hydrogen-bond acceptors (Lipinski definition) is 4. The van der Waals surface area contributed by atoms with Gasteiger partial charge < -0.3 is 16.4 Å². The number of hydrogen-bond donors (Lipinski definition) is 3. The highest BCUT2D eigenvalue weighted by atomic mass is 16.2. The fourth-order valence-electron chi connectivity index (χ4n) is 0.938. The van der Waals surface area contributed by atoms with Gasteiger partial charge >= 0.3 is 0 Å². The van der Waals surface area contributed by atoms with Gasteiger partial charge in [-0.1, -0.05) is 6.07 Å². The summed E-state index contributed by atoms with van der Waals surface area (Å²) in [6, 6.07) is 3.43. The van der Waals surface area contributed by atoms with Crippen molar-refractivity contribution in [1.82, 2.24) is 15.6 Å². The molecule has 80 valence electrons. The van der Waals surface area contributed by atoms with Crippen molar-refractivity contribution < 1.29 is 9.59 Å². The van der Waals surface area contributed by atoms with Crippen molar-refractivity contribution in [2.24, 2.45) is 0 Å². The van der Waals surface area contributed by atoms with Crippen LogP contribution in [0.2, 0.25) is 0 Å². The summed E-state index contributed by atoms with van der Waals surface area (Å²) in [7, 11) is 0. The van der Waals surface area contributed by atoms with Gasteiger partial charge in [-0.25, -0.2) is 4.98 Å². The van der Waals surface area contributed by atoms with Crippen molar-refractivity contribution in [2.45, 2.75) is 6.54 Å². The maximum atomic E-state index is 11.1. The first-order valence-corrected chi connectivity index (χ1v) is 4.36. The molecule has 2 amide bonds. The van der Waals surface area contributed by atoms with Crippen molar-refractivity contribution in [3.63, 3.8) is 0 Å². The lowest BCUT2D eigenvalue weighted by Gasteiger charge is -2.04. The molecule has 0 aliphatic heterocycles. The van der Waals surface area contributed by atoms with E-state index in [1.807, 2.05) is 0 Å². The number of aromatic nitrogens is 1. The summed E-state index contributed by atoms with van der Waals surface area (Å²) in [6.07, 6.45) is 2.06.